The molecule has 0 spiro atoms. The lowest BCUT2D eigenvalue weighted by molar-refractivity contribution is -0.173. The zero-order valence-electron chi connectivity index (χ0n) is 14.2. The van der Waals surface area contributed by atoms with E-state index in [1.165, 1.54) is 0 Å². The molecular weight excluding hydrogens is 333 g/mol. The van der Waals surface area contributed by atoms with Gasteiger partial charge < -0.3 is 13.0 Å². The molecule has 9 heteroatoms. The molecule has 0 fully saturated rings. The minimum atomic E-state index is -4.26. The van der Waals surface area contributed by atoms with Gasteiger partial charge in [0.25, 0.3) is 0 Å². The molecular formula is C12H29F3O3Si3. The first-order chi connectivity index (χ1) is 9.12. The Balaban J connectivity index is 4.42. The van der Waals surface area contributed by atoms with Gasteiger partial charge in [0.2, 0.25) is 0 Å². The highest BCUT2D eigenvalue weighted by Gasteiger charge is 2.39. The van der Waals surface area contributed by atoms with Crippen molar-refractivity contribution in [1.82, 2.24) is 0 Å². The number of halogens is 3. The van der Waals surface area contributed by atoms with E-state index in [0.717, 1.165) is 0 Å². The molecule has 21 heavy (non-hydrogen) atoms. The maximum absolute atomic E-state index is 12.0. The Hall–Kier alpha value is 0.321. The average molecular weight is 363 g/mol. The van der Waals surface area contributed by atoms with Crippen LogP contribution >= 0.6 is 0 Å². The maximum atomic E-state index is 12.0. The van der Waals surface area contributed by atoms with E-state index >= 15 is 0 Å². The Bertz CT molecular complexity index is 296. The fourth-order valence-electron chi connectivity index (χ4n) is 2.10. The van der Waals surface area contributed by atoms with Crippen molar-refractivity contribution < 1.29 is 26.1 Å². The molecule has 128 valence electrons. The summed E-state index contributed by atoms with van der Waals surface area (Å²) in [4.78, 5) is 0. The molecule has 3 nitrogen and oxygen atoms in total. The van der Waals surface area contributed by atoms with Crippen LogP contribution in [0, 0.1) is 0 Å². The predicted octanol–water partition coefficient (Wildman–Crippen LogP) is 4.73. The van der Waals surface area contributed by atoms with Crippen molar-refractivity contribution in [3.05, 3.63) is 0 Å². The lowest BCUT2D eigenvalue weighted by atomic mass is 10.5. The summed E-state index contributed by atoms with van der Waals surface area (Å²) >= 11 is 0. The Morgan fingerprint density at radius 3 is 1.57 bits per heavy atom. The second kappa shape index (κ2) is 7.73. The molecule has 0 unspecified atom stereocenters. The summed E-state index contributed by atoms with van der Waals surface area (Å²) in [6.07, 6.45) is -3.72. The highest BCUT2D eigenvalue weighted by Crippen LogP contribution is 2.25. The molecule has 0 radical (unpaired) electrons. The molecule has 0 aliphatic rings. The zero-order valence-corrected chi connectivity index (χ0v) is 17.2. The summed E-state index contributed by atoms with van der Waals surface area (Å²) < 4.78 is 53.2. The molecule has 0 saturated heterocycles. The van der Waals surface area contributed by atoms with Gasteiger partial charge in [-0.05, 0) is 58.3 Å². The van der Waals surface area contributed by atoms with Crippen molar-refractivity contribution in [2.45, 2.75) is 64.5 Å². The SMILES string of the molecule is C[Si](C)(C)O[Si](C)(CCCOCC(F)(F)F)O[Si](C)(C)C. The van der Waals surface area contributed by atoms with E-state index < -0.39 is 38.0 Å². The largest absolute Gasteiger partial charge is 0.437 e. The molecule has 0 aliphatic carbocycles. The van der Waals surface area contributed by atoms with Crippen LogP contribution in [0.15, 0.2) is 0 Å². The Morgan fingerprint density at radius 1 is 0.810 bits per heavy atom. The van der Waals surface area contributed by atoms with Crippen LogP contribution in [0.1, 0.15) is 6.42 Å². The molecule has 0 aromatic rings. The monoisotopic (exact) mass is 362 g/mol. The minimum absolute atomic E-state index is 0.0895. The average Bonchev–Trinajstić information content (AvgIpc) is 2.07. The van der Waals surface area contributed by atoms with Crippen LogP contribution in [0.5, 0.6) is 0 Å². The quantitative estimate of drug-likeness (QED) is 0.438. The normalized spacial score (nSPS) is 14.6. The molecule has 0 bridgehead atoms. The van der Waals surface area contributed by atoms with E-state index in [2.05, 4.69) is 44.0 Å². The van der Waals surface area contributed by atoms with E-state index in [1.54, 1.807) is 0 Å². The molecule has 0 N–H and O–H groups in total. The third-order valence-electron chi connectivity index (χ3n) is 2.23. The van der Waals surface area contributed by atoms with E-state index in [1.807, 2.05) is 6.55 Å². The molecule has 0 amide bonds. The predicted molar refractivity (Wildman–Crippen MR) is 86.8 cm³/mol. The summed E-state index contributed by atoms with van der Waals surface area (Å²) in [7, 11) is -5.86. The first-order valence-electron chi connectivity index (χ1n) is 7.17. The summed E-state index contributed by atoms with van der Waals surface area (Å²) in [6.45, 7) is 13.5. The van der Waals surface area contributed by atoms with Gasteiger partial charge >= 0.3 is 14.7 Å². The molecule has 0 heterocycles. The van der Waals surface area contributed by atoms with Crippen molar-refractivity contribution in [2.24, 2.45) is 0 Å². The van der Waals surface area contributed by atoms with Crippen molar-refractivity contribution in [3.63, 3.8) is 0 Å². The molecule has 0 aromatic heterocycles. The van der Waals surface area contributed by atoms with Gasteiger partial charge in [-0.15, -0.1) is 0 Å². The summed E-state index contributed by atoms with van der Waals surface area (Å²) in [5.74, 6) is 0. The van der Waals surface area contributed by atoms with E-state index in [4.69, 9.17) is 8.23 Å². The van der Waals surface area contributed by atoms with Gasteiger partial charge in [-0.3, -0.25) is 0 Å². The first kappa shape index (κ1) is 21.3. The van der Waals surface area contributed by atoms with Gasteiger partial charge in [-0.25, -0.2) is 0 Å². The zero-order chi connectivity index (χ0) is 16.9. The van der Waals surface area contributed by atoms with Crippen molar-refractivity contribution in [2.75, 3.05) is 13.2 Å². The molecule has 0 rings (SSSR count). The van der Waals surface area contributed by atoms with Crippen LogP contribution in [0.4, 0.5) is 13.2 Å². The topological polar surface area (TPSA) is 27.7 Å². The van der Waals surface area contributed by atoms with Gasteiger partial charge in [-0.2, -0.15) is 13.2 Å². The highest BCUT2D eigenvalue weighted by molar-refractivity contribution is 6.87. The fraction of sp³-hybridized carbons (Fsp3) is 1.00. The van der Waals surface area contributed by atoms with Crippen molar-refractivity contribution in [3.8, 4) is 0 Å². The molecule has 0 aliphatic heterocycles. The lowest BCUT2D eigenvalue weighted by Crippen LogP contribution is -2.52. The summed E-state index contributed by atoms with van der Waals surface area (Å²) in [5, 5.41) is 0. The van der Waals surface area contributed by atoms with Crippen LogP contribution in [0.25, 0.3) is 0 Å². The number of hydrogen-bond acceptors (Lipinski definition) is 3. The second-order valence-electron chi connectivity index (χ2n) is 7.33. The van der Waals surface area contributed by atoms with Crippen molar-refractivity contribution >= 4 is 25.2 Å². The van der Waals surface area contributed by atoms with Crippen molar-refractivity contribution in [1.29, 1.82) is 0 Å². The van der Waals surface area contributed by atoms with E-state index in [-0.39, 0.29) is 6.61 Å². The van der Waals surface area contributed by atoms with Gasteiger partial charge in [0, 0.05) is 6.61 Å². The van der Waals surface area contributed by atoms with E-state index in [0.29, 0.717) is 12.5 Å². The third kappa shape index (κ3) is 13.7. The number of ether oxygens (including phenoxy) is 1. The Labute approximate surface area is 129 Å². The lowest BCUT2D eigenvalue weighted by Gasteiger charge is -2.38. The minimum Gasteiger partial charge on any atom is -0.437 e. The smallest absolute Gasteiger partial charge is 0.411 e. The van der Waals surface area contributed by atoms with Gasteiger partial charge in [0.05, 0.1) is 0 Å². The fourth-order valence-corrected chi connectivity index (χ4v) is 14.6. The maximum Gasteiger partial charge on any atom is 0.411 e. The highest BCUT2D eigenvalue weighted by atomic mass is 28.5. The van der Waals surface area contributed by atoms with Crippen LogP contribution in [-0.4, -0.2) is 44.6 Å². The number of rotatable bonds is 9. The summed E-state index contributed by atoms with van der Waals surface area (Å²) in [6, 6.07) is 0.666. The first-order valence-corrected chi connectivity index (χ1v) is 16.5. The Kier molecular flexibility index (Phi) is 7.85. The van der Waals surface area contributed by atoms with Crippen LogP contribution < -0.4 is 0 Å². The molecule has 0 saturated carbocycles. The standard InChI is InChI=1S/C12H29F3O3Si3/c1-19(2,3)17-21(7,18-20(4,5)6)10-8-9-16-11-12(13,14)15/h8-11H2,1-7H3. The second-order valence-corrected chi connectivity index (χ2v) is 20.2. The molecule has 0 atom stereocenters. The van der Waals surface area contributed by atoms with Gasteiger partial charge in [0.15, 0.2) is 16.6 Å². The van der Waals surface area contributed by atoms with Gasteiger partial charge in [0.1, 0.15) is 6.61 Å². The number of hydrogen-bond donors (Lipinski definition) is 0. The van der Waals surface area contributed by atoms with Crippen LogP contribution in [0.3, 0.4) is 0 Å². The van der Waals surface area contributed by atoms with E-state index in [9.17, 15) is 13.2 Å². The van der Waals surface area contributed by atoms with Gasteiger partial charge in [-0.1, -0.05) is 0 Å². The Morgan fingerprint density at radius 2 is 1.24 bits per heavy atom. The van der Waals surface area contributed by atoms with Crippen LogP contribution in [-0.2, 0) is 13.0 Å². The molecule has 0 aromatic carbocycles. The third-order valence-corrected chi connectivity index (χ3v) is 11.8. The number of alkyl halides is 3. The summed E-state index contributed by atoms with van der Waals surface area (Å²) in [5.41, 5.74) is 0. The van der Waals surface area contributed by atoms with Crippen LogP contribution in [0.2, 0.25) is 51.9 Å².